The molecule has 34 heavy (non-hydrogen) atoms. The van der Waals surface area contributed by atoms with Crippen LogP contribution < -0.4 is 16.0 Å². The van der Waals surface area contributed by atoms with Gasteiger partial charge in [-0.1, -0.05) is 46.5 Å². The van der Waals surface area contributed by atoms with E-state index in [0.29, 0.717) is 11.5 Å². The molecular weight excluding hydrogens is 420 g/mol. The highest BCUT2D eigenvalue weighted by atomic mass is 16.1. The molecule has 2 heterocycles. The number of carbonyl (C=O) groups is 1. The third-order valence-electron chi connectivity index (χ3n) is 6.78. The van der Waals surface area contributed by atoms with Gasteiger partial charge in [-0.25, -0.2) is 0 Å². The van der Waals surface area contributed by atoms with E-state index in [2.05, 4.69) is 60.2 Å². The predicted octanol–water partition coefficient (Wildman–Crippen LogP) is 5.80. The summed E-state index contributed by atoms with van der Waals surface area (Å²) in [6, 6.07) is 12.7. The number of aryl methyl sites for hydroxylation is 4. The van der Waals surface area contributed by atoms with E-state index in [1.165, 1.54) is 11.1 Å². The zero-order valence-electron chi connectivity index (χ0n) is 21.0. The molecule has 1 unspecified atom stereocenters. The molecule has 178 valence electrons. The zero-order chi connectivity index (χ0) is 24.4. The number of carbonyl (C=O) groups excluding carboxylic acids is 1. The second kappa shape index (κ2) is 9.98. The van der Waals surface area contributed by atoms with Crippen LogP contribution in [0.5, 0.6) is 0 Å². The maximum absolute atomic E-state index is 13.3. The van der Waals surface area contributed by atoms with Gasteiger partial charge in [0.05, 0.1) is 17.6 Å². The first kappa shape index (κ1) is 24.0. The molecule has 2 aromatic carbocycles. The lowest BCUT2D eigenvalue weighted by molar-refractivity contribution is 0.102. The Morgan fingerprint density at radius 2 is 1.50 bits per heavy atom. The van der Waals surface area contributed by atoms with Gasteiger partial charge in [0.1, 0.15) is 0 Å². The van der Waals surface area contributed by atoms with Crippen LogP contribution in [0, 0.1) is 33.6 Å². The standard InChI is InChI=1S/C29H36N4O/c1-18-10-19(2)13-24(12-18)26-16-31-17-27(28(26)33-8-6-23(7-9-33)22(5)30)32-29(34)25-14-20(3)11-21(4)15-25/h10-17,22-23H,6-9,30H2,1-5H3,(H,32,34). The van der Waals surface area contributed by atoms with Gasteiger partial charge in [0, 0.05) is 36.5 Å². The number of hydrogen-bond donors (Lipinski definition) is 2. The van der Waals surface area contributed by atoms with Crippen molar-refractivity contribution in [3.05, 3.63) is 76.6 Å². The first-order valence-corrected chi connectivity index (χ1v) is 12.2. The minimum atomic E-state index is -0.113. The lowest BCUT2D eigenvalue weighted by Crippen LogP contribution is -2.40. The molecule has 0 spiro atoms. The smallest absolute Gasteiger partial charge is 0.255 e. The molecule has 1 fully saturated rings. The maximum Gasteiger partial charge on any atom is 0.255 e. The van der Waals surface area contributed by atoms with E-state index < -0.39 is 0 Å². The normalized spacial score (nSPS) is 15.3. The van der Waals surface area contributed by atoms with Crippen LogP contribution in [0.1, 0.15) is 52.4 Å². The van der Waals surface area contributed by atoms with Gasteiger partial charge in [0.15, 0.2) is 0 Å². The third kappa shape index (κ3) is 5.31. The van der Waals surface area contributed by atoms with E-state index in [4.69, 9.17) is 5.73 Å². The summed E-state index contributed by atoms with van der Waals surface area (Å²) in [5, 5.41) is 3.18. The van der Waals surface area contributed by atoms with E-state index in [1.54, 1.807) is 6.20 Å². The number of nitrogens with two attached hydrogens (primary N) is 1. The zero-order valence-corrected chi connectivity index (χ0v) is 21.0. The molecule has 3 aromatic rings. The highest BCUT2D eigenvalue weighted by Gasteiger charge is 2.26. The van der Waals surface area contributed by atoms with Crippen molar-refractivity contribution in [3.8, 4) is 11.1 Å². The average molecular weight is 457 g/mol. The van der Waals surface area contributed by atoms with Crippen LogP contribution in [0.2, 0.25) is 0 Å². The molecule has 1 amide bonds. The van der Waals surface area contributed by atoms with Crippen LogP contribution in [-0.2, 0) is 0 Å². The lowest BCUT2D eigenvalue weighted by Gasteiger charge is -2.37. The largest absolute Gasteiger partial charge is 0.369 e. The van der Waals surface area contributed by atoms with E-state index in [1.807, 2.05) is 32.2 Å². The van der Waals surface area contributed by atoms with Gasteiger partial charge < -0.3 is 16.0 Å². The van der Waals surface area contributed by atoms with E-state index in [0.717, 1.165) is 59.6 Å². The van der Waals surface area contributed by atoms with Gasteiger partial charge in [-0.3, -0.25) is 9.78 Å². The van der Waals surface area contributed by atoms with E-state index in [9.17, 15) is 4.79 Å². The molecule has 1 saturated heterocycles. The van der Waals surface area contributed by atoms with Crippen molar-refractivity contribution in [2.24, 2.45) is 11.7 Å². The Hall–Kier alpha value is -3.18. The number of pyridine rings is 1. The molecule has 0 aliphatic carbocycles. The molecule has 4 rings (SSSR count). The maximum atomic E-state index is 13.3. The van der Waals surface area contributed by atoms with Crippen LogP contribution in [0.25, 0.3) is 11.1 Å². The molecular formula is C29H36N4O. The summed E-state index contributed by atoms with van der Waals surface area (Å²) in [5.41, 5.74) is 15.4. The molecule has 1 aromatic heterocycles. The van der Waals surface area contributed by atoms with Crippen molar-refractivity contribution < 1.29 is 4.79 Å². The van der Waals surface area contributed by atoms with Gasteiger partial charge in [-0.2, -0.15) is 0 Å². The van der Waals surface area contributed by atoms with Crippen LogP contribution in [0.4, 0.5) is 11.4 Å². The number of anilines is 2. The van der Waals surface area contributed by atoms with Gasteiger partial charge in [0.25, 0.3) is 5.91 Å². The third-order valence-corrected chi connectivity index (χ3v) is 6.78. The number of rotatable bonds is 5. The molecule has 1 atom stereocenters. The minimum absolute atomic E-state index is 0.113. The molecule has 1 aliphatic rings. The first-order chi connectivity index (χ1) is 16.2. The molecule has 5 nitrogen and oxygen atoms in total. The van der Waals surface area contributed by atoms with Gasteiger partial charge in [-0.05, 0) is 71.1 Å². The first-order valence-electron chi connectivity index (χ1n) is 12.2. The number of benzene rings is 2. The molecule has 0 radical (unpaired) electrons. The van der Waals surface area contributed by atoms with Crippen molar-refractivity contribution in [1.29, 1.82) is 0 Å². The Kier molecular flexibility index (Phi) is 7.03. The summed E-state index contributed by atoms with van der Waals surface area (Å²) in [5.74, 6) is 0.411. The monoisotopic (exact) mass is 456 g/mol. The number of amides is 1. The number of nitrogens with one attached hydrogen (secondary N) is 1. The van der Waals surface area contributed by atoms with Crippen LogP contribution in [0.3, 0.4) is 0 Å². The van der Waals surface area contributed by atoms with E-state index in [-0.39, 0.29) is 11.9 Å². The summed E-state index contributed by atoms with van der Waals surface area (Å²) in [6.07, 6.45) is 5.78. The quantitative estimate of drug-likeness (QED) is 0.509. The summed E-state index contributed by atoms with van der Waals surface area (Å²) in [7, 11) is 0. The highest BCUT2D eigenvalue weighted by molar-refractivity contribution is 6.07. The van der Waals surface area contributed by atoms with Crippen LogP contribution in [0.15, 0.2) is 48.8 Å². The molecule has 1 aliphatic heterocycles. The summed E-state index contributed by atoms with van der Waals surface area (Å²) in [6.45, 7) is 12.2. The summed E-state index contributed by atoms with van der Waals surface area (Å²) < 4.78 is 0. The van der Waals surface area contributed by atoms with Crippen LogP contribution >= 0.6 is 0 Å². The molecule has 3 N–H and O–H groups in total. The predicted molar refractivity (Wildman–Crippen MR) is 142 cm³/mol. The van der Waals surface area contributed by atoms with Crippen molar-refractivity contribution in [2.45, 2.75) is 53.5 Å². The van der Waals surface area contributed by atoms with Crippen LogP contribution in [-0.4, -0.2) is 30.0 Å². The fourth-order valence-corrected chi connectivity index (χ4v) is 5.18. The van der Waals surface area contributed by atoms with Crippen molar-refractivity contribution in [1.82, 2.24) is 4.98 Å². The summed E-state index contributed by atoms with van der Waals surface area (Å²) in [4.78, 5) is 20.2. The number of hydrogen-bond acceptors (Lipinski definition) is 4. The lowest BCUT2D eigenvalue weighted by atomic mass is 9.90. The van der Waals surface area contributed by atoms with Crippen molar-refractivity contribution >= 4 is 17.3 Å². The van der Waals surface area contributed by atoms with Gasteiger partial charge >= 0.3 is 0 Å². The molecule has 5 heteroatoms. The van der Waals surface area contributed by atoms with Crippen molar-refractivity contribution in [3.63, 3.8) is 0 Å². The van der Waals surface area contributed by atoms with Gasteiger partial charge in [0.2, 0.25) is 0 Å². The summed E-state index contributed by atoms with van der Waals surface area (Å²) >= 11 is 0. The Morgan fingerprint density at radius 1 is 0.941 bits per heavy atom. The highest BCUT2D eigenvalue weighted by Crippen LogP contribution is 2.39. The Labute approximate surface area is 203 Å². The molecule has 0 bridgehead atoms. The molecule has 0 saturated carbocycles. The number of piperidine rings is 1. The Morgan fingerprint density at radius 3 is 2.06 bits per heavy atom. The number of nitrogens with zero attached hydrogens (tertiary/aromatic N) is 2. The fourth-order valence-electron chi connectivity index (χ4n) is 5.18. The SMILES string of the molecule is Cc1cc(C)cc(C(=O)Nc2cncc(-c3cc(C)cc(C)c3)c2N2CCC(C(C)N)CC2)c1. The Bertz CT molecular complexity index is 1150. The fraction of sp³-hybridized carbons (Fsp3) is 0.379. The van der Waals surface area contributed by atoms with Gasteiger partial charge in [-0.15, -0.1) is 0 Å². The number of aromatic nitrogens is 1. The van der Waals surface area contributed by atoms with Crippen molar-refractivity contribution in [2.75, 3.05) is 23.3 Å². The topological polar surface area (TPSA) is 71.2 Å². The Balaban J connectivity index is 1.76. The second-order valence-electron chi connectivity index (χ2n) is 9.97. The second-order valence-corrected chi connectivity index (χ2v) is 9.97. The average Bonchev–Trinajstić information content (AvgIpc) is 2.77. The minimum Gasteiger partial charge on any atom is -0.369 e. The van der Waals surface area contributed by atoms with E-state index >= 15 is 0 Å².